The van der Waals surface area contributed by atoms with E-state index in [1.165, 1.54) is 4.90 Å². The lowest BCUT2D eigenvalue weighted by molar-refractivity contribution is 0.0745. The summed E-state index contributed by atoms with van der Waals surface area (Å²) in [5.74, 6) is -0.507. The van der Waals surface area contributed by atoms with Gasteiger partial charge in [-0.1, -0.05) is 30.3 Å². The molecule has 32 heavy (non-hydrogen) atoms. The van der Waals surface area contributed by atoms with Crippen molar-refractivity contribution in [2.75, 3.05) is 36.0 Å². The first-order chi connectivity index (χ1) is 15.5. The number of fused-ring (bicyclic) bond motifs is 1. The number of nitrogens with zero attached hydrogens (tertiary/aromatic N) is 3. The molecule has 0 bridgehead atoms. The molecule has 6 nitrogen and oxygen atoms in total. The Balaban J connectivity index is 1.26. The van der Waals surface area contributed by atoms with E-state index in [4.69, 9.17) is 0 Å². The van der Waals surface area contributed by atoms with Crippen LogP contribution in [0.1, 0.15) is 36.6 Å². The molecule has 0 N–H and O–H groups in total. The fourth-order valence-corrected chi connectivity index (χ4v) is 4.39. The number of piperazine rings is 1. The summed E-state index contributed by atoms with van der Waals surface area (Å²) in [5.41, 5.74) is 4.20. The maximum absolute atomic E-state index is 12.8. The molecular weight excluding hydrogens is 402 g/mol. The maximum Gasteiger partial charge on any atom is 0.266 e. The van der Waals surface area contributed by atoms with Crippen molar-refractivity contribution in [3.8, 4) is 0 Å². The van der Waals surface area contributed by atoms with Gasteiger partial charge in [-0.2, -0.15) is 0 Å². The highest BCUT2D eigenvalue weighted by atomic mass is 16.2. The molecule has 0 radical (unpaired) electrons. The van der Waals surface area contributed by atoms with Gasteiger partial charge in [0.05, 0.1) is 16.8 Å². The summed E-state index contributed by atoms with van der Waals surface area (Å²) in [4.78, 5) is 43.6. The highest BCUT2D eigenvalue weighted by Crippen LogP contribution is 2.30. The number of hydrogen-bond acceptors (Lipinski definition) is 4. The van der Waals surface area contributed by atoms with Crippen molar-refractivity contribution in [3.63, 3.8) is 0 Å². The van der Waals surface area contributed by atoms with E-state index in [1.807, 2.05) is 60.4 Å². The van der Waals surface area contributed by atoms with Gasteiger partial charge in [0.2, 0.25) is 0 Å². The summed E-state index contributed by atoms with van der Waals surface area (Å²) in [6, 6.07) is 22.0. The van der Waals surface area contributed by atoms with Crippen LogP contribution in [-0.4, -0.2) is 48.8 Å². The Labute approximate surface area is 186 Å². The number of benzene rings is 3. The second kappa shape index (κ2) is 7.96. The highest BCUT2D eigenvalue weighted by molar-refractivity contribution is 6.34. The zero-order valence-electron chi connectivity index (χ0n) is 17.8. The number of anilines is 2. The average molecular weight is 425 g/mol. The number of carbonyl (C=O) groups is 3. The summed E-state index contributed by atoms with van der Waals surface area (Å²) in [6.07, 6.45) is 0. The molecule has 3 aromatic rings. The number of carbonyl (C=O) groups excluding carboxylic acids is 3. The molecule has 0 saturated carbocycles. The fourth-order valence-electron chi connectivity index (χ4n) is 4.39. The number of amides is 3. The van der Waals surface area contributed by atoms with Gasteiger partial charge in [0.25, 0.3) is 17.7 Å². The van der Waals surface area contributed by atoms with Crippen molar-refractivity contribution in [1.29, 1.82) is 0 Å². The van der Waals surface area contributed by atoms with Gasteiger partial charge in [-0.05, 0) is 55.0 Å². The van der Waals surface area contributed by atoms with Crippen molar-refractivity contribution < 1.29 is 14.4 Å². The Bertz CT molecular complexity index is 1180. The van der Waals surface area contributed by atoms with Crippen molar-refractivity contribution in [3.05, 3.63) is 95.1 Å². The zero-order chi connectivity index (χ0) is 22.2. The standard InChI is InChI=1S/C26H23N3O3/c1-18-6-2-3-7-21(18)24(30)28-16-14-27(15-17-28)19-10-12-20(13-11-19)29-25(31)22-8-4-5-9-23(22)26(29)32/h2-13H,14-17H2,1H3. The molecule has 6 heteroatoms. The third kappa shape index (κ3) is 3.34. The van der Waals surface area contributed by atoms with Crippen LogP contribution in [-0.2, 0) is 0 Å². The van der Waals surface area contributed by atoms with Gasteiger partial charge >= 0.3 is 0 Å². The zero-order valence-corrected chi connectivity index (χ0v) is 17.8. The summed E-state index contributed by atoms with van der Waals surface area (Å²) >= 11 is 0. The summed E-state index contributed by atoms with van der Waals surface area (Å²) in [6.45, 7) is 4.70. The predicted molar refractivity (Wildman–Crippen MR) is 123 cm³/mol. The number of hydrogen-bond donors (Lipinski definition) is 0. The molecule has 0 aromatic heterocycles. The Hall–Kier alpha value is -3.93. The van der Waals surface area contributed by atoms with E-state index < -0.39 is 0 Å². The van der Waals surface area contributed by atoms with Crippen LogP contribution in [0.2, 0.25) is 0 Å². The normalized spacial score (nSPS) is 15.8. The predicted octanol–water partition coefficient (Wildman–Crippen LogP) is 3.76. The lowest BCUT2D eigenvalue weighted by atomic mass is 10.1. The third-order valence-corrected chi connectivity index (χ3v) is 6.21. The molecule has 0 aliphatic carbocycles. The van der Waals surface area contributed by atoms with Crippen LogP contribution in [0.4, 0.5) is 11.4 Å². The fraction of sp³-hybridized carbons (Fsp3) is 0.192. The van der Waals surface area contributed by atoms with Crippen molar-refractivity contribution in [2.24, 2.45) is 0 Å². The van der Waals surface area contributed by atoms with Gasteiger partial charge in [0.1, 0.15) is 0 Å². The minimum Gasteiger partial charge on any atom is -0.368 e. The van der Waals surface area contributed by atoms with E-state index in [0.29, 0.717) is 29.9 Å². The molecule has 0 unspecified atom stereocenters. The molecule has 2 aliphatic heterocycles. The Kier molecular flexibility index (Phi) is 4.98. The van der Waals surface area contributed by atoms with Crippen molar-refractivity contribution in [2.45, 2.75) is 6.92 Å². The smallest absolute Gasteiger partial charge is 0.266 e. The molecule has 0 atom stereocenters. The highest BCUT2D eigenvalue weighted by Gasteiger charge is 2.36. The van der Waals surface area contributed by atoms with Crippen molar-refractivity contribution >= 4 is 29.1 Å². The lowest BCUT2D eigenvalue weighted by Crippen LogP contribution is -2.49. The van der Waals surface area contributed by atoms with Crippen LogP contribution in [0.3, 0.4) is 0 Å². The van der Waals surface area contributed by atoms with Crippen LogP contribution >= 0.6 is 0 Å². The molecule has 1 saturated heterocycles. The van der Waals surface area contributed by atoms with Crippen molar-refractivity contribution in [1.82, 2.24) is 4.90 Å². The first-order valence-electron chi connectivity index (χ1n) is 10.7. The minimum atomic E-state index is -0.290. The van der Waals surface area contributed by atoms with Gasteiger partial charge in [0.15, 0.2) is 0 Å². The number of imide groups is 1. The first-order valence-corrected chi connectivity index (χ1v) is 10.7. The topological polar surface area (TPSA) is 60.9 Å². The van der Waals surface area contributed by atoms with E-state index in [1.54, 1.807) is 24.3 Å². The molecule has 2 aliphatic rings. The molecule has 3 aromatic carbocycles. The average Bonchev–Trinajstić information content (AvgIpc) is 3.09. The van der Waals surface area contributed by atoms with Gasteiger partial charge in [0, 0.05) is 37.4 Å². The molecule has 0 spiro atoms. The van der Waals surface area contributed by atoms with Crippen LogP contribution in [0, 0.1) is 6.92 Å². The van der Waals surface area contributed by atoms with Crippen LogP contribution in [0.5, 0.6) is 0 Å². The number of rotatable bonds is 3. The summed E-state index contributed by atoms with van der Waals surface area (Å²) in [7, 11) is 0. The quantitative estimate of drug-likeness (QED) is 0.600. The van der Waals surface area contributed by atoms with Crippen LogP contribution < -0.4 is 9.80 Å². The SMILES string of the molecule is Cc1ccccc1C(=O)N1CCN(c2ccc(N3C(=O)c4ccccc4C3=O)cc2)CC1. The maximum atomic E-state index is 12.8. The largest absolute Gasteiger partial charge is 0.368 e. The van der Waals surface area contributed by atoms with E-state index in [2.05, 4.69) is 4.90 Å². The monoisotopic (exact) mass is 425 g/mol. The Morgan fingerprint density at radius 2 is 1.22 bits per heavy atom. The second-order valence-corrected chi connectivity index (χ2v) is 8.10. The third-order valence-electron chi connectivity index (χ3n) is 6.21. The van der Waals surface area contributed by atoms with E-state index in [0.717, 1.165) is 29.9 Å². The Morgan fingerprint density at radius 1 is 0.688 bits per heavy atom. The van der Waals surface area contributed by atoms with E-state index in [9.17, 15) is 14.4 Å². The molecule has 1 fully saturated rings. The molecule has 5 rings (SSSR count). The molecule has 160 valence electrons. The van der Waals surface area contributed by atoms with E-state index >= 15 is 0 Å². The van der Waals surface area contributed by atoms with Gasteiger partial charge in [-0.25, -0.2) is 4.90 Å². The molecular formula is C26H23N3O3. The summed E-state index contributed by atoms with van der Waals surface area (Å²) < 4.78 is 0. The van der Waals surface area contributed by atoms with Gasteiger partial charge in [-0.3, -0.25) is 14.4 Å². The van der Waals surface area contributed by atoms with Crippen LogP contribution in [0.15, 0.2) is 72.8 Å². The lowest BCUT2D eigenvalue weighted by Gasteiger charge is -2.36. The molecule has 3 amide bonds. The molecule has 2 heterocycles. The number of aryl methyl sites for hydroxylation is 1. The Morgan fingerprint density at radius 3 is 1.81 bits per heavy atom. The first kappa shape index (κ1) is 20.0. The van der Waals surface area contributed by atoms with Gasteiger partial charge in [-0.15, -0.1) is 0 Å². The van der Waals surface area contributed by atoms with Gasteiger partial charge < -0.3 is 9.80 Å². The second-order valence-electron chi connectivity index (χ2n) is 8.10. The van der Waals surface area contributed by atoms with Crippen LogP contribution in [0.25, 0.3) is 0 Å². The summed E-state index contributed by atoms with van der Waals surface area (Å²) in [5, 5.41) is 0. The van der Waals surface area contributed by atoms with E-state index in [-0.39, 0.29) is 17.7 Å². The minimum absolute atomic E-state index is 0.0729.